The van der Waals surface area contributed by atoms with Gasteiger partial charge in [0.1, 0.15) is 0 Å². The molecule has 8 rings (SSSR count). The molecule has 8 aromatic carbocycles. The van der Waals surface area contributed by atoms with Crippen LogP contribution in [0.4, 0.5) is 22.7 Å². The van der Waals surface area contributed by atoms with Crippen molar-refractivity contribution in [2.75, 3.05) is 10.6 Å². The molecule has 0 radical (unpaired) electrons. The van der Waals surface area contributed by atoms with Gasteiger partial charge in [-0.05, 0) is 81.6 Å². The molecule has 0 bridgehead atoms. The maximum Gasteiger partial charge on any atom is 0.0464 e. The molecule has 8 aromatic rings. The van der Waals surface area contributed by atoms with Crippen LogP contribution in [0.3, 0.4) is 0 Å². The quantitative estimate of drug-likeness (QED) is 0.207. The Morgan fingerprint density at radius 1 is 0.310 bits per heavy atom. The van der Waals surface area contributed by atoms with Crippen LogP contribution in [0.2, 0.25) is 0 Å². The van der Waals surface area contributed by atoms with Gasteiger partial charge in [0.05, 0.1) is 0 Å². The highest BCUT2D eigenvalue weighted by molar-refractivity contribution is 6.32. The molecule has 0 aliphatic heterocycles. The average Bonchev–Trinajstić information content (AvgIpc) is 3.06. The third kappa shape index (κ3) is 4.13. The van der Waals surface area contributed by atoms with E-state index in [4.69, 9.17) is 0 Å². The monoisotopic (exact) mass is 536 g/mol. The first-order chi connectivity index (χ1) is 20.8. The lowest BCUT2D eigenvalue weighted by Gasteiger charge is -2.22. The summed E-state index contributed by atoms with van der Waals surface area (Å²) >= 11 is 0. The Morgan fingerprint density at radius 2 is 0.667 bits per heavy atom. The van der Waals surface area contributed by atoms with E-state index in [1.165, 1.54) is 54.6 Å². The highest BCUT2D eigenvalue weighted by atomic mass is 14.9. The molecule has 0 saturated heterocycles. The summed E-state index contributed by atoms with van der Waals surface area (Å²) in [6.07, 6.45) is 0. The van der Waals surface area contributed by atoms with E-state index < -0.39 is 0 Å². The van der Waals surface area contributed by atoms with E-state index >= 15 is 0 Å². The van der Waals surface area contributed by atoms with Crippen LogP contribution in [0, 0.1) is 0 Å². The summed E-state index contributed by atoms with van der Waals surface area (Å²) in [5, 5.41) is 15.0. The molecule has 0 atom stereocenters. The lowest BCUT2D eigenvalue weighted by atomic mass is 9.84. The summed E-state index contributed by atoms with van der Waals surface area (Å²) < 4.78 is 0. The molecular weight excluding hydrogens is 508 g/mol. The number of para-hydroxylation sites is 2. The van der Waals surface area contributed by atoms with E-state index in [9.17, 15) is 0 Å². The molecule has 0 saturated carbocycles. The minimum Gasteiger partial charge on any atom is -0.355 e. The molecule has 2 heteroatoms. The SMILES string of the molecule is c1ccc(Nc2ccc3c(-c4ccccc4)cc4c(Nc5ccccc5)ccc5c(-c6ccccc6)cc2c3c45)cc1. The zero-order valence-corrected chi connectivity index (χ0v) is 23.0. The smallest absolute Gasteiger partial charge is 0.0464 e. The van der Waals surface area contributed by atoms with Crippen molar-refractivity contribution in [3.63, 3.8) is 0 Å². The van der Waals surface area contributed by atoms with Crippen molar-refractivity contribution in [3.05, 3.63) is 158 Å². The Morgan fingerprint density at radius 3 is 1.05 bits per heavy atom. The minimum atomic E-state index is 1.07. The zero-order valence-electron chi connectivity index (χ0n) is 23.0. The molecule has 2 nitrogen and oxygen atoms in total. The van der Waals surface area contributed by atoms with Gasteiger partial charge in [0.2, 0.25) is 0 Å². The molecule has 0 aromatic heterocycles. The fraction of sp³-hybridized carbons (Fsp3) is 0. The van der Waals surface area contributed by atoms with Gasteiger partial charge in [0.25, 0.3) is 0 Å². The summed E-state index contributed by atoms with van der Waals surface area (Å²) in [6.45, 7) is 0. The van der Waals surface area contributed by atoms with E-state index in [1.54, 1.807) is 0 Å². The van der Waals surface area contributed by atoms with Crippen molar-refractivity contribution < 1.29 is 0 Å². The van der Waals surface area contributed by atoms with Gasteiger partial charge in [-0.2, -0.15) is 0 Å². The van der Waals surface area contributed by atoms with Crippen LogP contribution in [0.1, 0.15) is 0 Å². The van der Waals surface area contributed by atoms with Crippen molar-refractivity contribution in [3.8, 4) is 22.3 Å². The highest BCUT2D eigenvalue weighted by Gasteiger charge is 2.20. The normalized spacial score (nSPS) is 11.3. The summed E-state index contributed by atoms with van der Waals surface area (Å²) in [4.78, 5) is 0. The fourth-order valence-corrected chi connectivity index (χ4v) is 6.26. The third-order valence-electron chi connectivity index (χ3n) is 8.17. The number of anilines is 4. The second kappa shape index (κ2) is 10.1. The summed E-state index contributed by atoms with van der Waals surface area (Å²) in [5.74, 6) is 0. The standard InChI is InChI=1S/C40H28N2/c1-5-13-27(14-6-1)33-25-35-37(41-29-17-9-3-10-18-29)24-22-32-34(28-15-7-2-8-16-28)26-36-38(42-30-19-11-4-12-20-30)23-21-31(33)39(36)40(32)35/h1-26,41-42H. The molecule has 42 heavy (non-hydrogen) atoms. The average molecular weight is 537 g/mol. The van der Waals surface area contributed by atoms with Gasteiger partial charge in [-0.25, -0.2) is 0 Å². The second-order valence-corrected chi connectivity index (χ2v) is 10.7. The Bertz CT molecular complexity index is 2000. The van der Waals surface area contributed by atoms with Crippen LogP contribution < -0.4 is 10.6 Å². The Labute approximate surface area is 245 Å². The molecule has 2 N–H and O–H groups in total. The summed E-state index contributed by atoms with van der Waals surface area (Å²) in [6, 6.07) is 56.2. The first-order valence-corrected chi connectivity index (χ1v) is 14.4. The number of hydrogen-bond donors (Lipinski definition) is 2. The van der Waals surface area contributed by atoms with Crippen molar-refractivity contribution in [1.82, 2.24) is 0 Å². The predicted octanol–water partition coefficient (Wildman–Crippen LogP) is 11.4. The van der Waals surface area contributed by atoms with Crippen molar-refractivity contribution in [1.29, 1.82) is 0 Å². The van der Waals surface area contributed by atoms with Crippen molar-refractivity contribution >= 4 is 55.1 Å². The summed E-state index contributed by atoms with van der Waals surface area (Å²) in [5.41, 5.74) is 9.23. The van der Waals surface area contributed by atoms with E-state index in [2.05, 4.69) is 168 Å². The number of benzene rings is 8. The Balaban J connectivity index is 1.51. The fourth-order valence-electron chi connectivity index (χ4n) is 6.26. The number of hydrogen-bond acceptors (Lipinski definition) is 2. The lowest BCUT2D eigenvalue weighted by Crippen LogP contribution is -1.98. The van der Waals surface area contributed by atoms with E-state index in [1.807, 2.05) is 0 Å². The largest absolute Gasteiger partial charge is 0.355 e. The van der Waals surface area contributed by atoms with Gasteiger partial charge in [-0.3, -0.25) is 0 Å². The minimum absolute atomic E-state index is 1.07. The number of nitrogens with one attached hydrogen (secondary N) is 2. The van der Waals surface area contributed by atoms with Crippen LogP contribution in [-0.2, 0) is 0 Å². The van der Waals surface area contributed by atoms with E-state index in [0.717, 1.165) is 22.7 Å². The maximum absolute atomic E-state index is 3.74. The molecule has 0 fully saturated rings. The van der Waals surface area contributed by atoms with Crippen molar-refractivity contribution in [2.24, 2.45) is 0 Å². The van der Waals surface area contributed by atoms with Gasteiger partial charge in [-0.1, -0.05) is 109 Å². The van der Waals surface area contributed by atoms with Gasteiger partial charge in [-0.15, -0.1) is 0 Å². The number of rotatable bonds is 6. The highest BCUT2D eigenvalue weighted by Crippen LogP contribution is 2.48. The predicted molar refractivity (Wildman–Crippen MR) is 180 cm³/mol. The molecule has 0 aliphatic rings. The van der Waals surface area contributed by atoms with E-state index in [-0.39, 0.29) is 0 Å². The topological polar surface area (TPSA) is 24.1 Å². The van der Waals surface area contributed by atoms with Crippen LogP contribution in [0.25, 0.3) is 54.6 Å². The second-order valence-electron chi connectivity index (χ2n) is 10.7. The van der Waals surface area contributed by atoms with Crippen LogP contribution >= 0.6 is 0 Å². The lowest BCUT2D eigenvalue weighted by molar-refractivity contribution is 1.57. The van der Waals surface area contributed by atoms with Gasteiger partial charge < -0.3 is 10.6 Å². The maximum atomic E-state index is 3.74. The Hall–Kier alpha value is -5.60. The van der Waals surface area contributed by atoms with Crippen LogP contribution in [0.5, 0.6) is 0 Å². The van der Waals surface area contributed by atoms with Gasteiger partial charge >= 0.3 is 0 Å². The van der Waals surface area contributed by atoms with E-state index in [0.29, 0.717) is 0 Å². The third-order valence-corrected chi connectivity index (χ3v) is 8.17. The molecule has 198 valence electrons. The molecule has 0 aliphatic carbocycles. The van der Waals surface area contributed by atoms with Crippen molar-refractivity contribution in [2.45, 2.75) is 0 Å². The zero-order chi connectivity index (χ0) is 27.9. The molecular formula is C40H28N2. The van der Waals surface area contributed by atoms with Crippen LogP contribution in [-0.4, -0.2) is 0 Å². The molecule has 0 spiro atoms. The molecule has 0 unspecified atom stereocenters. The first-order valence-electron chi connectivity index (χ1n) is 14.4. The van der Waals surface area contributed by atoms with Gasteiger partial charge in [0.15, 0.2) is 0 Å². The summed E-state index contributed by atoms with van der Waals surface area (Å²) in [7, 11) is 0. The Kier molecular flexibility index (Phi) is 5.82. The molecule has 0 heterocycles. The molecule has 0 amide bonds. The first kappa shape index (κ1) is 24.2. The van der Waals surface area contributed by atoms with Crippen LogP contribution in [0.15, 0.2) is 158 Å². The van der Waals surface area contributed by atoms with Gasteiger partial charge in [0, 0.05) is 44.3 Å².